The molecule has 0 aromatic heterocycles. The molecule has 1 fully saturated rings. The summed E-state index contributed by atoms with van der Waals surface area (Å²) >= 11 is 0. The summed E-state index contributed by atoms with van der Waals surface area (Å²) < 4.78 is 11.5. The van der Waals surface area contributed by atoms with Crippen molar-refractivity contribution < 1.29 is 9.47 Å². The minimum Gasteiger partial charge on any atom is -0.497 e. The summed E-state index contributed by atoms with van der Waals surface area (Å²) in [6.07, 6.45) is 3.79. The molecule has 1 N–H and O–H groups in total. The Morgan fingerprint density at radius 3 is 2.95 bits per heavy atom. The van der Waals surface area contributed by atoms with E-state index in [-0.39, 0.29) is 18.5 Å². The van der Waals surface area contributed by atoms with Crippen LogP contribution in [0, 0.1) is 0 Å². The number of piperidine rings is 1. The highest BCUT2D eigenvalue weighted by atomic mass is 35.5. The van der Waals surface area contributed by atoms with Crippen LogP contribution in [-0.4, -0.2) is 44.3 Å². The van der Waals surface area contributed by atoms with Gasteiger partial charge in [-0.2, -0.15) is 0 Å². The molecule has 0 spiro atoms. The minimum absolute atomic E-state index is 0. The number of hydrogen-bond donors (Lipinski definition) is 1. The first-order chi connectivity index (χ1) is 10.2. The summed E-state index contributed by atoms with van der Waals surface area (Å²) in [6.45, 7) is 5.36. The molecule has 1 aromatic rings. The number of rotatable bonds is 4. The normalized spacial score (nSPS) is 24.3. The van der Waals surface area contributed by atoms with Gasteiger partial charge in [0.25, 0.3) is 0 Å². The maximum atomic E-state index is 6.03. The van der Waals surface area contributed by atoms with Gasteiger partial charge in [-0.15, -0.1) is 12.4 Å². The van der Waals surface area contributed by atoms with Crippen LogP contribution in [0.1, 0.15) is 30.9 Å². The number of nitrogens with zero attached hydrogens (tertiary/aromatic N) is 1. The van der Waals surface area contributed by atoms with Crippen molar-refractivity contribution in [3.8, 4) is 11.5 Å². The standard InChI is InChI=1S/C17H26N2O2.ClH/c1-12-7-13-8-16(20-3)9-14(17(13)21-12)10-19-6-4-5-15(11-19)18-2;/h8-9,12,15,18H,4-7,10-11H2,1-3H3;1H. The summed E-state index contributed by atoms with van der Waals surface area (Å²) in [6, 6.07) is 4.87. The van der Waals surface area contributed by atoms with Gasteiger partial charge in [0.05, 0.1) is 7.11 Å². The van der Waals surface area contributed by atoms with E-state index in [2.05, 4.69) is 36.3 Å². The van der Waals surface area contributed by atoms with Crippen molar-refractivity contribution in [2.45, 2.75) is 44.9 Å². The Bertz CT molecular complexity index is 510. The molecule has 2 aliphatic heterocycles. The molecule has 4 nitrogen and oxygen atoms in total. The first-order valence-corrected chi connectivity index (χ1v) is 7.95. The Kier molecular flexibility index (Phi) is 5.95. The van der Waals surface area contributed by atoms with Gasteiger partial charge in [-0.3, -0.25) is 4.90 Å². The Morgan fingerprint density at radius 1 is 1.41 bits per heavy atom. The van der Waals surface area contributed by atoms with Crippen LogP contribution in [0.5, 0.6) is 11.5 Å². The fraction of sp³-hybridized carbons (Fsp3) is 0.647. The fourth-order valence-electron chi connectivity index (χ4n) is 3.49. The molecule has 0 bridgehead atoms. The van der Waals surface area contributed by atoms with Crippen LogP contribution in [0.25, 0.3) is 0 Å². The molecular weight excluding hydrogens is 300 g/mol. The number of halogens is 1. The number of fused-ring (bicyclic) bond motifs is 1. The van der Waals surface area contributed by atoms with E-state index in [0.717, 1.165) is 31.0 Å². The number of ether oxygens (including phenoxy) is 2. The number of hydrogen-bond acceptors (Lipinski definition) is 4. The van der Waals surface area contributed by atoms with Gasteiger partial charge in [0.1, 0.15) is 17.6 Å². The Balaban J connectivity index is 0.00000176. The summed E-state index contributed by atoms with van der Waals surface area (Å²) in [7, 11) is 3.80. The van der Waals surface area contributed by atoms with Crippen LogP contribution in [0.15, 0.2) is 12.1 Å². The van der Waals surface area contributed by atoms with Gasteiger partial charge in [0.2, 0.25) is 0 Å². The lowest BCUT2D eigenvalue weighted by molar-refractivity contribution is 0.183. The number of likely N-dealkylation sites (tertiary alicyclic amines) is 1. The van der Waals surface area contributed by atoms with Gasteiger partial charge < -0.3 is 14.8 Å². The maximum Gasteiger partial charge on any atom is 0.127 e. The highest BCUT2D eigenvalue weighted by Gasteiger charge is 2.26. The molecule has 5 heteroatoms. The van der Waals surface area contributed by atoms with E-state index in [1.165, 1.54) is 30.5 Å². The molecule has 0 saturated carbocycles. The highest BCUT2D eigenvalue weighted by molar-refractivity contribution is 5.85. The van der Waals surface area contributed by atoms with E-state index >= 15 is 0 Å². The van der Waals surface area contributed by atoms with E-state index in [9.17, 15) is 0 Å². The van der Waals surface area contributed by atoms with Crippen molar-refractivity contribution in [3.05, 3.63) is 23.3 Å². The number of methoxy groups -OCH3 is 1. The average molecular weight is 327 g/mol. The summed E-state index contributed by atoms with van der Waals surface area (Å²) in [5, 5.41) is 3.40. The Labute approximate surface area is 139 Å². The van der Waals surface area contributed by atoms with Crippen LogP contribution < -0.4 is 14.8 Å². The summed E-state index contributed by atoms with van der Waals surface area (Å²) in [5.41, 5.74) is 2.56. The van der Waals surface area contributed by atoms with Crippen molar-refractivity contribution in [1.82, 2.24) is 10.2 Å². The van der Waals surface area contributed by atoms with Crippen molar-refractivity contribution >= 4 is 12.4 Å². The first kappa shape index (κ1) is 17.4. The van der Waals surface area contributed by atoms with Gasteiger partial charge >= 0.3 is 0 Å². The lowest BCUT2D eigenvalue weighted by atomic mass is 10.0. The third kappa shape index (κ3) is 3.67. The molecule has 1 saturated heterocycles. The molecule has 2 heterocycles. The van der Waals surface area contributed by atoms with Crippen LogP contribution in [-0.2, 0) is 13.0 Å². The zero-order valence-electron chi connectivity index (χ0n) is 13.7. The summed E-state index contributed by atoms with van der Waals surface area (Å²) in [5.74, 6) is 2.04. The van der Waals surface area contributed by atoms with Crippen LogP contribution in [0.4, 0.5) is 0 Å². The molecular formula is C17H27ClN2O2. The maximum absolute atomic E-state index is 6.03. The molecule has 2 aliphatic rings. The van der Waals surface area contributed by atoms with Gasteiger partial charge in [0, 0.05) is 36.7 Å². The molecule has 0 aliphatic carbocycles. The summed E-state index contributed by atoms with van der Waals surface area (Å²) in [4.78, 5) is 2.52. The Morgan fingerprint density at radius 2 is 2.23 bits per heavy atom. The lowest BCUT2D eigenvalue weighted by Gasteiger charge is -2.32. The molecule has 3 rings (SSSR count). The second-order valence-corrected chi connectivity index (χ2v) is 6.27. The molecule has 0 amide bonds. The highest BCUT2D eigenvalue weighted by Crippen LogP contribution is 2.37. The van der Waals surface area contributed by atoms with Gasteiger partial charge in [-0.25, -0.2) is 0 Å². The second kappa shape index (κ2) is 7.53. The van der Waals surface area contributed by atoms with Gasteiger partial charge in [-0.05, 0) is 45.5 Å². The third-order valence-electron chi connectivity index (χ3n) is 4.59. The van der Waals surface area contributed by atoms with E-state index in [4.69, 9.17) is 9.47 Å². The van der Waals surface area contributed by atoms with E-state index in [1.807, 2.05) is 0 Å². The fourth-order valence-corrected chi connectivity index (χ4v) is 3.49. The molecule has 1 aromatic carbocycles. The third-order valence-corrected chi connectivity index (χ3v) is 4.59. The van der Waals surface area contributed by atoms with Crippen LogP contribution >= 0.6 is 12.4 Å². The van der Waals surface area contributed by atoms with E-state index in [0.29, 0.717) is 6.04 Å². The van der Waals surface area contributed by atoms with Gasteiger partial charge in [-0.1, -0.05) is 0 Å². The number of nitrogens with one attached hydrogen (secondary N) is 1. The van der Waals surface area contributed by atoms with Crippen molar-refractivity contribution in [3.63, 3.8) is 0 Å². The monoisotopic (exact) mass is 326 g/mol. The van der Waals surface area contributed by atoms with Crippen molar-refractivity contribution in [2.24, 2.45) is 0 Å². The zero-order chi connectivity index (χ0) is 14.8. The second-order valence-electron chi connectivity index (χ2n) is 6.27. The average Bonchev–Trinajstić information content (AvgIpc) is 2.88. The molecule has 22 heavy (non-hydrogen) atoms. The minimum atomic E-state index is 0. The van der Waals surface area contributed by atoms with Crippen LogP contribution in [0.3, 0.4) is 0 Å². The van der Waals surface area contributed by atoms with Crippen molar-refractivity contribution in [1.29, 1.82) is 0 Å². The number of benzene rings is 1. The Hall–Kier alpha value is -0.970. The molecule has 0 radical (unpaired) electrons. The smallest absolute Gasteiger partial charge is 0.127 e. The van der Waals surface area contributed by atoms with Gasteiger partial charge in [0.15, 0.2) is 0 Å². The molecule has 124 valence electrons. The predicted octanol–water partition coefficient (Wildman–Crippen LogP) is 2.62. The zero-order valence-corrected chi connectivity index (χ0v) is 14.5. The topological polar surface area (TPSA) is 33.7 Å². The first-order valence-electron chi connectivity index (χ1n) is 7.95. The van der Waals surface area contributed by atoms with Crippen molar-refractivity contribution in [2.75, 3.05) is 27.2 Å². The molecule has 2 atom stereocenters. The van der Waals surface area contributed by atoms with Crippen LogP contribution in [0.2, 0.25) is 0 Å². The molecule has 2 unspecified atom stereocenters. The number of likely N-dealkylation sites (N-methyl/N-ethyl adjacent to an activating group) is 1. The van der Waals surface area contributed by atoms with E-state index < -0.39 is 0 Å². The SMILES string of the molecule is CNC1CCCN(Cc2cc(OC)cc3c2OC(C)C3)C1.Cl. The predicted molar refractivity (Wildman–Crippen MR) is 91.4 cm³/mol. The largest absolute Gasteiger partial charge is 0.497 e. The quantitative estimate of drug-likeness (QED) is 0.922. The van der Waals surface area contributed by atoms with E-state index in [1.54, 1.807) is 7.11 Å². The lowest BCUT2D eigenvalue weighted by Crippen LogP contribution is -2.43.